The van der Waals surface area contributed by atoms with Crippen molar-refractivity contribution >= 4 is 5.97 Å². The second-order valence-electron chi connectivity index (χ2n) is 7.43. The Morgan fingerprint density at radius 2 is 1.75 bits per heavy atom. The van der Waals surface area contributed by atoms with E-state index in [0.29, 0.717) is 18.6 Å². The van der Waals surface area contributed by atoms with E-state index in [2.05, 4.69) is 36.1 Å². The van der Waals surface area contributed by atoms with Crippen LogP contribution in [-0.2, 0) is 9.53 Å². The number of nitrogens with zero attached hydrogens (tertiary/aromatic N) is 1. The van der Waals surface area contributed by atoms with Crippen LogP contribution in [0.5, 0.6) is 0 Å². The van der Waals surface area contributed by atoms with Crippen LogP contribution in [0.2, 0.25) is 0 Å². The van der Waals surface area contributed by atoms with E-state index in [4.69, 9.17) is 4.74 Å². The highest BCUT2D eigenvalue weighted by Crippen LogP contribution is 2.37. The Hall–Kier alpha value is -1.35. The molecule has 132 valence electrons. The predicted molar refractivity (Wildman–Crippen MR) is 97.1 cm³/mol. The molecule has 2 aliphatic rings. The van der Waals surface area contributed by atoms with Crippen molar-refractivity contribution in [1.82, 2.24) is 4.90 Å². The first-order valence-electron chi connectivity index (χ1n) is 9.66. The van der Waals surface area contributed by atoms with E-state index < -0.39 is 0 Å². The normalized spacial score (nSPS) is 26.2. The highest BCUT2D eigenvalue weighted by Gasteiger charge is 2.35. The van der Waals surface area contributed by atoms with Crippen molar-refractivity contribution in [3.05, 3.63) is 35.4 Å². The summed E-state index contributed by atoms with van der Waals surface area (Å²) in [6.07, 6.45) is 7.18. The van der Waals surface area contributed by atoms with Crippen LogP contribution in [0.15, 0.2) is 24.3 Å². The third-order valence-corrected chi connectivity index (χ3v) is 5.85. The SMILES string of the molecule is CCOC(=O)C1CCN([C@@H]2CCCCC2c2ccc(C)cc2)CC1. The monoisotopic (exact) mass is 329 g/mol. The minimum atomic E-state index is 0.0101. The topological polar surface area (TPSA) is 29.5 Å². The van der Waals surface area contributed by atoms with Gasteiger partial charge < -0.3 is 4.74 Å². The lowest BCUT2D eigenvalue weighted by molar-refractivity contribution is -0.149. The molecule has 3 rings (SSSR count). The summed E-state index contributed by atoms with van der Waals surface area (Å²) in [4.78, 5) is 14.6. The van der Waals surface area contributed by atoms with Crippen molar-refractivity contribution in [3.63, 3.8) is 0 Å². The number of hydrogen-bond acceptors (Lipinski definition) is 3. The van der Waals surface area contributed by atoms with E-state index >= 15 is 0 Å². The number of esters is 1. The van der Waals surface area contributed by atoms with Gasteiger partial charge in [-0.25, -0.2) is 0 Å². The maximum atomic E-state index is 12.0. The molecular weight excluding hydrogens is 298 g/mol. The van der Waals surface area contributed by atoms with Crippen molar-refractivity contribution in [3.8, 4) is 0 Å². The Bertz CT molecular complexity index is 531. The van der Waals surface area contributed by atoms with Gasteiger partial charge in [0.25, 0.3) is 0 Å². The summed E-state index contributed by atoms with van der Waals surface area (Å²) in [7, 11) is 0. The average molecular weight is 329 g/mol. The van der Waals surface area contributed by atoms with Crippen molar-refractivity contribution in [1.29, 1.82) is 0 Å². The van der Waals surface area contributed by atoms with Gasteiger partial charge in [0.2, 0.25) is 0 Å². The molecule has 1 heterocycles. The van der Waals surface area contributed by atoms with Crippen molar-refractivity contribution in [2.75, 3.05) is 19.7 Å². The Labute approximate surface area is 146 Å². The summed E-state index contributed by atoms with van der Waals surface area (Å²) >= 11 is 0. The number of rotatable bonds is 4. The Morgan fingerprint density at radius 3 is 2.42 bits per heavy atom. The molecular formula is C21H31NO2. The highest BCUT2D eigenvalue weighted by molar-refractivity contribution is 5.72. The predicted octanol–water partition coefficient (Wildman–Crippen LogP) is 4.30. The Kier molecular flexibility index (Phi) is 5.94. The van der Waals surface area contributed by atoms with Crippen molar-refractivity contribution < 1.29 is 9.53 Å². The maximum absolute atomic E-state index is 12.0. The molecule has 0 spiro atoms. The summed E-state index contributed by atoms with van der Waals surface area (Å²) in [5, 5.41) is 0. The molecule has 2 atom stereocenters. The van der Waals surface area contributed by atoms with Gasteiger partial charge in [-0.3, -0.25) is 9.69 Å². The molecule has 3 nitrogen and oxygen atoms in total. The van der Waals surface area contributed by atoms with Crippen LogP contribution in [-0.4, -0.2) is 36.6 Å². The molecule has 0 bridgehead atoms. The van der Waals surface area contributed by atoms with E-state index in [9.17, 15) is 4.79 Å². The van der Waals surface area contributed by atoms with Gasteiger partial charge in [-0.05, 0) is 64.1 Å². The number of ether oxygens (including phenoxy) is 1. The molecule has 1 unspecified atom stereocenters. The minimum absolute atomic E-state index is 0.0101. The lowest BCUT2D eigenvalue weighted by atomic mass is 9.78. The molecule has 1 saturated heterocycles. The molecule has 1 saturated carbocycles. The zero-order chi connectivity index (χ0) is 16.9. The molecule has 3 heteroatoms. The van der Waals surface area contributed by atoms with Gasteiger partial charge in [-0.1, -0.05) is 42.7 Å². The number of hydrogen-bond donors (Lipinski definition) is 0. The first kappa shape index (κ1) is 17.5. The number of likely N-dealkylation sites (tertiary alicyclic amines) is 1. The average Bonchev–Trinajstić information content (AvgIpc) is 2.63. The van der Waals surface area contributed by atoms with E-state index in [1.807, 2.05) is 6.92 Å². The van der Waals surface area contributed by atoms with E-state index in [1.54, 1.807) is 0 Å². The third-order valence-electron chi connectivity index (χ3n) is 5.85. The van der Waals surface area contributed by atoms with Crippen LogP contribution < -0.4 is 0 Å². The fourth-order valence-electron chi connectivity index (χ4n) is 4.48. The number of carbonyl (C=O) groups excluding carboxylic acids is 1. The third kappa shape index (κ3) is 4.00. The van der Waals surface area contributed by atoms with Crippen LogP contribution in [0.25, 0.3) is 0 Å². The summed E-state index contributed by atoms with van der Waals surface area (Å²) < 4.78 is 5.21. The van der Waals surface area contributed by atoms with Gasteiger partial charge in [-0.2, -0.15) is 0 Å². The largest absolute Gasteiger partial charge is 0.466 e. The smallest absolute Gasteiger partial charge is 0.309 e. The summed E-state index contributed by atoms with van der Waals surface area (Å²) in [6.45, 7) is 6.62. The van der Waals surface area contributed by atoms with Crippen LogP contribution in [0, 0.1) is 12.8 Å². The standard InChI is InChI=1S/C21H31NO2/c1-3-24-21(23)18-12-14-22(15-13-18)20-7-5-4-6-19(20)17-10-8-16(2)9-11-17/h8-11,18-20H,3-7,12-15H2,1-2H3/t19?,20-/m1/s1. The highest BCUT2D eigenvalue weighted by atomic mass is 16.5. The number of piperidine rings is 1. The van der Waals surface area contributed by atoms with Crippen molar-refractivity contribution in [2.45, 2.75) is 64.3 Å². The molecule has 1 aromatic carbocycles. The quantitative estimate of drug-likeness (QED) is 0.772. The van der Waals surface area contributed by atoms with Gasteiger partial charge in [0.15, 0.2) is 0 Å². The lowest BCUT2D eigenvalue weighted by Gasteiger charge is -2.43. The van der Waals surface area contributed by atoms with Gasteiger partial charge in [0.1, 0.15) is 0 Å². The van der Waals surface area contributed by atoms with Crippen LogP contribution >= 0.6 is 0 Å². The number of carbonyl (C=O) groups is 1. The second kappa shape index (κ2) is 8.15. The zero-order valence-corrected chi connectivity index (χ0v) is 15.2. The molecule has 1 aromatic rings. The summed E-state index contributed by atoms with van der Waals surface area (Å²) in [6, 6.07) is 9.78. The van der Waals surface area contributed by atoms with E-state index in [1.165, 1.54) is 36.8 Å². The molecule has 1 aliphatic heterocycles. The molecule has 0 aromatic heterocycles. The fraction of sp³-hybridized carbons (Fsp3) is 0.667. The Morgan fingerprint density at radius 1 is 1.08 bits per heavy atom. The first-order valence-corrected chi connectivity index (χ1v) is 9.66. The number of benzene rings is 1. The first-order chi connectivity index (χ1) is 11.7. The second-order valence-corrected chi connectivity index (χ2v) is 7.43. The van der Waals surface area contributed by atoms with E-state index in [-0.39, 0.29) is 11.9 Å². The van der Waals surface area contributed by atoms with Crippen LogP contribution in [0.1, 0.15) is 62.5 Å². The van der Waals surface area contributed by atoms with Gasteiger partial charge in [0, 0.05) is 6.04 Å². The molecule has 0 N–H and O–H groups in total. The minimum Gasteiger partial charge on any atom is -0.466 e. The van der Waals surface area contributed by atoms with Gasteiger partial charge in [0.05, 0.1) is 12.5 Å². The van der Waals surface area contributed by atoms with Crippen molar-refractivity contribution in [2.24, 2.45) is 5.92 Å². The number of aryl methyl sites for hydroxylation is 1. The molecule has 0 amide bonds. The molecule has 24 heavy (non-hydrogen) atoms. The summed E-state index contributed by atoms with van der Waals surface area (Å²) in [5.74, 6) is 0.775. The molecule has 1 aliphatic carbocycles. The van der Waals surface area contributed by atoms with Crippen LogP contribution in [0.3, 0.4) is 0 Å². The Balaban J connectivity index is 1.64. The maximum Gasteiger partial charge on any atom is 0.309 e. The lowest BCUT2D eigenvalue weighted by Crippen LogP contribution is -2.46. The molecule has 2 fully saturated rings. The van der Waals surface area contributed by atoms with Gasteiger partial charge >= 0.3 is 5.97 Å². The molecule has 0 radical (unpaired) electrons. The fourth-order valence-corrected chi connectivity index (χ4v) is 4.48. The van der Waals surface area contributed by atoms with Gasteiger partial charge in [-0.15, -0.1) is 0 Å². The zero-order valence-electron chi connectivity index (χ0n) is 15.2. The van der Waals surface area contributed by atoms with E-state index in [0.717, 1.165) is 25.9 Å². The summed E-state index contributed by atoms with van der Waals surface area (Å²) in [5.41, 5.74) is 2.83. The van der Waals surface area contributed by atoms with Crippen LogP contribution in [0.4, 0.5) is 0 Å².